The highest BCUT2D eigenvalue weighted by molar-refractivity contribution is 5.88. The second kappa shape index (κ2) is 8.44. The molecule has 1 N–H and O–H groups in total. The van der Waals surface area contributed by atoms with Gasteiger partial charge in [0, 0.05) is 26.3 Å². The van der Waals surface area contributed by atoms with Gasteiger partial charge in [0.1, 0.15) is 12.6 Å². The average molecular weight is 378 g/mol. The number of carbonyl (C=O) groups is 2. The molecule has 28 heavy (non-hydrogen) atoms. The van der Waals surface area contributed by atoms with Gasteiger partial charge in [0.15, 0.2) is 0 Å². The van der Waals surface area contributed by atoms with Crippen LogP contribution in [0.2, 0.25) is 0 Å². The largest absolute Gasteiger partial charge is 0.447 e. The van der Waals surface area contributed by atoms with Gasteiger partial charge in [0.05, 0.1) is 18.2 Å². The van der Waals surface area contributed by atoms with Crippen LogP contribution in [-0.2, 0) is 22.6 Å². The van der Waals surface area contributed by atoms with E-state index >= 15 is 0 Å². The molecule has 1 aliphatic rings. The molecule has 0 bridgehead atoms. The molecule has 7 heteroatoms. The molecule has 1 heterocycles. The highest BCUT2D eigenvalue weighted by Gasteiger charge is 2.38. The van der Waals surface area contributed by atoms with E-state index in [1.807, 2.05) is 43.3 Å². The molecule has 3 rings (SSSR count). The van der Waals surface area contributed by atoms with Crippen molar-refractivity contribution in [1.29, 1.82) is 5.26 Å². The lowest BCUT2D eigenvalue weighted by Crippen LogP contribution is -2.45. The molecule has 2 amide bonds. The molecule has 0 radical (unpaired) electrons. The van der Waals surface area contributed by atoms with Gasteiger partial charge in [0.25, 0.3) is 0 Å². The van der Waals surface area contributed by atoms with Gasteiger partial charge in [-0.15, -0.1) is 0 Å². The molecule has 0 aromatic heterocycles. The lowest BCUT2D eigenvalue weighted by atomic mass is 10.1. The van der Waals surface area contributed by atoms with E-state index in [-0.39, 0.29) is 19.1 Å². The molecule has 1 atom stereocenters. The summed E-state index contributed by atoms with van der Waals surface area (Å²) in [6.07, 6.45) is -0.553. The zero-order valence-corrected chi connectivity index (χ0v) is 15.9. The van der Waals surface area contributed by atoms with Crippen molar-refractivity contribution in [3.63, 3.8) is 0 Å². The average Bonchev–Trinajstić information content (AvgIpc) is 3.07. The third kappa shape index (κ3) is 4.23. The highest BCUT2D eigenvalue weighted by atomic mass is 16.6. The Kier molecular flexibility index (Phi) is 5.80. The molecular formula is C21H22N4O3. The van der Waals surface area contributed by atoms with Gasteiger partial charge >= 0.3 is 6.09 Å². The minimum Gasteiger partial charge on any atom is -0.447 e. The predicted octanol–water partition coefficient (Wildman–Crippen LogP) is 2.26. The van der Waals surface area contributed by atoms with Gasteiger partial charge in [0.2, 0.25) is 5.91 Å². The first-order valence-electron chi connectivity index (χ1n) is 8.95. The van der Waals surface area contributed by atoms with E-state index < -0.39 is 12.1 Å². The lowest BCUT2D eigenvalue weighted by Gasteiger charge is -2.21. The van der Waals surface area contributed by atoms with Crippen molar-refractivity contribution in [2.75, 3.05) is 25.6 Å². The summed E-state index contributed by atoms with van der Waals surface area (Å²) in [4.78, 5) is 28.1. The van der Waals surface area contributed by atoms with Crippen LogP contribution in [0.3, 0.4) is 0 Å². The molecule has 0 unspecified atom stereocenters. The van der Waals surface area contributed by atoms with Crippen molar-refractivity contribution in [3.05, 3.63) is 65.2 Å². The van der Waals surface area contributed by atoms with Crippen LogP contribution in [0.4, 0.5) is 10.5 Å². The maximum absolute atomic E-state index is 12.6. The topological polar surface area (TPSA) is 85.7 Å². The number of carbonyl (C=O) groups excluding carboxylic acids is 2. The number of hydrogen-bond acceptors (Lipinski definition) is 5. The fourth-order valence-corrected chi connectivity index (χ4v) is 3.01. The van der Waals surface area contributed by atoms with E-state index in [0.717, 1.165) is 11.3 Å². The van der Waals surface area contributed by atoms with E-state index in [1.54, 1.807) is 24.3 Å². The minimum absolute atomic E-state index is 0.00104. The smallest absolute Gasteiger partial charge is 0.410 e. The van der Waals surface area contributed by atoms with Crippen LogP contribution >= 0.6 is 0 Å². The summed E-state index contributed by atoms with van der Waals surface area (Å²) in [7, 11) is 3.93. The molecule has 0 spiro atoms. The third-order valence-corrected chi connectivity index (χ3v) is 4.68. The molecule has 1 saturated heterocycles. The Balaban J connectivity index is 1.65. The molecule has 1 fully saturated rings. The van der Waals surface area contributed by atoms with Crippen LogP contribution in [0.15, 0.2) is 48.5 Å². The summed E-state index contributed by atoms with van der Waals surface area (Å²) in [5.41, 5.74) is 3.20. The fourth-order valence-electron chi connectivity index (χ4n) is 3.01. The van der Waals surface area contributed by atoms with Crippen LogP contribution in [0, 0.1) is 11.3 Å². The van der Waals surface area contributed by atoms with Crippen LogP contribution < -0.4 is 10.2 Å². The van der Waals surface area contributed by atoms with Crippen molar-refractivity contribution >= 4 is 17.7 Å². The molecule has 144 valence electrons. The maximum Gasteiger partial charge on any atom is 0.410 e. The summed E-state index contributed by atoms with van der Waals surface area (Å²) in [6, 6.07) is 16.3. The highest BCUT2D eigenvalue weighted by Crippen LogP contribution is 2.19. The Hall–Kier alpha value is -3.53. The SMILES string of the molecule is CN(C)c1ccc(CNC(=O)[C@@H]2COC(=O)N2Cc2ccccc2C#N)cc1. The van der Waals surface area contributed by atoms with Crippen LogP contribution in [0.25, 0.3) is 0 Å². The molecule has 7 nitrogen and oxygen atoms in total. The summed E-state index contributed by atoms with van der Waals surface area (Å²) in [6.45, 7) is 0.511. The fraction of sp³-hybridized carbons (Fsp3) is 0.286. The van der Waals surface area contributed by atoms with Gasteiger partial charge < -0.3 is 15.0 Å². The lowest BCUT2D eigenvalue weighted by molar-refractivity contribution is -0.125. The molecule has 2 aromatic carbocycles. The van der Waals surface area contributed by atoms with E-state index in [1.165, 1.54) is 4.90 Å². The quantitative estimate of drug-likeness (QED) is 0.833. The zero-order chi connectivity index (χ0) is 20.1. The van der Waals surface area contributed by atoms with E-state index in [0.29, 0.717) is 17.7 Å². The number of anilines is 1. The van der Waals surface area contributed by atoms with Gasteiger partial charge in [-0.25, -0.2) is 4.79 Å². The molecule has 0 saturated carbocycles. The number of ether oxygens (including phenoxy) is 1. The standard InChI is InChI=1S/C21H22N4O3/c1-24(2)18-9-7-15(8-10-18)12-23-20(26)19-14-28-21(27)25(19)13-17-6-4-3-5-16(17)11-22/h3-10,19H,12-14H2,1-2H3,(H,23,26)/t19-/m0/s1. The number of hydrogen-bond donors (Lipinski definition) is 1. The van der Waals surface area contributed by atoms with E-state index in [4.69, 9.17) is 4.74 Å². The maximum atomic E-state index is 12.6. The van der Waals surface area contributed by atoms with Gasteiger partial charge in [-0.3, -0.25) is 9.69 Å². The Morgan fingerprint density at radius 1 is 1.25 bits per heavy atom. The number of cyclic esters (lactones) is 1. The first-order chi connectivity index (χ1) is 13.5. The van der Waals surface area contributed by atoms with E-state index in [9.17, 15) is 14.9 Å². The van der Waals surface area contributed by atoms with Crippen molar-refractivity contribution < 1.29 is 14.3 Å². The number of nitriles is 1. The Morgan fingerprint density at radius 3 is 2.64 bits per heavy atom. The Labute approximate surface area is 164 Å². The van der Waals surface area contributed by atoms with Crippen molar-refractivity contribution in [2.45, 2.75) is 19.1 Å². The van der Waals surface area contributed by atoms with Crippen LogP contribution in [-0.4, -0.2) is 43.6 Å². The minimum atomic E-state index is -0.722. The number of rotatable bonds is 6. The first kappa shape index (κ1) is 19.2. The van der Waals surface area contributed by atoms with Gasteiger partial charge in [-0.1, -0.05) is 30.3 Å². The summed E-state index contributed by atoms with van der Waals surface area (Å²) in [5, 5.41) is 12.1. The number of benzene rings is 2. The summed E-state index contributed by atoms with van der Waals surface area (Å²) >= 11 is 0. The summed E-state index contributed by atoms with van der Waals surface area (Å²) < 4.78 is 5.08. The molecule has 2 aromatic rings. The van der Waals surface area contributed by atoms with Crippen molar-refractivity contribution in [1.82, 2.24) is 10.2 Å². The number of nitrogens with zero attached hydrogens (tertiary/aromatic N) is 3. The molecular weight excluding hydrogens is 356 g/mol. The normalized spacial score (nSPS) is 15.7. The second-order valence-corrected chi connectivity index (χ2v) is 6.77. The first-order valence-corrected chi connectivity index (χ1v) is 8.95. The Morgan fingerprint density at radius 2 is 1.96 bits per heavy atom. The van der Waals surface area contributed by atoms with Crippen LogP contribution in [0.1, 0.15) is 16.7 Å². The van der Waals surface area contributed by atoms with E-state index in [2.05, 4.69) is 11.4 Å². The predicted molar refractivity (Wildman–Crippen MR) is 104 cm³/mol. The zero-order valence-electron chi connectivity index (χ0n) is 15.9. The van der Waals surface area contributed by atoms with Crippen molar-refractivity contribution in [3.8, 4) is 6.07 Å². The number of amides is 2. The van der Waals surface area contributed by atoms with Crippen molar-refractivity contribution in [2.24, 2.45) is 0 Å². The van der Waals surface area contributed by atoms with Gasteiger partial charge in [-0.2, -0.15) is 5.26 Å². The Bertz CT molecular complexity index is 903. The monoisotopic (exact) mass is 378 g/mol. The second-order valence-electron chi connectivity index (χ2n) is 6.77. The molecule has 1 aliphatic heterocycles. The van der Waals surface area contributed by atoms with Crippen LogP contribution in [0.5, 0.6) is 0 Å². The summed E-state index contributed by atoms with van der Waals surface area (Å²) in [5.74, 6) is -0.281. The molecule has 0 aliphatic carbocycles. The number of nitrogens with one attached hydrogen (secondary N) is 1. The third-order valence-electron chi connectivity index (χ3n) is 4.68. The van der Waals surface area contributed by atoms with Gasteiger partial charge in [-0.05, 0) is 29.3 Å².